The SMILES string of the molecule is CC(=O)OC[C@@]12C=CC[C@H]1C1=CCc3ccccc3[C@H]1CC2. The zero-order valence-corrected chi connectivity index (χ0v) is 13.0. The number of esters is 1. The molecule has 0 saturated heterocycles. The molecule has 0 amide bonds. The van der Waals surface area contributed by atoms with E-state index in [0.29, 0.717) is 18.4 Å². The Labute approximate surface area is 131 Å². The highest BCUT2D eigenvalue weighted by Gasteiger charge is 2.48. The van der Waals surface area contributed by atoms with Gasteiger partial charge in [-0.1, -0.05) is 48.1 Å². The number of benzene rings is 1. The fraction of sp³-hybridized carbons (Fsp3) is 0.450. The minimum Gasteiger partial charge on any atom is -0.465 e. The topological polar surface area (TPSA) is 26.3 Å². The maximum absolute atomic E-state index is 11.3. The van der Waals surface area contributed by atoms with Gasteiger partial charge in [-0.05, 0) is 42.7 Å². The lowest BCUT2D eigenvalue weighted by molar-refractivity contribution is -0.144. The average molecular weight is 294 g/mol. The minimum atomic E-state index is -0.168. The van der Waals surface area contributed by atoms with Crippen LogP contribution in [0.25, 0.3) is 0 Å². The zero-order chi connectivity index (χ0) is 15.2. The standard InChI is InChI=1S/C20H22O2/c1-14(21)22-13-20-11-4-7-19(20)18-9-8-15-5-2-3-6-16(15)17(18)10-12-20/h2-6,9,11,17,19H,7-8,10,12-13H2,1H3/t17-,19+,20+/m1/s1. The Kier molecular flexibility index (Phi) is 3.21. The number of hydrogen-bond donors (Lipinski definition) is 0. The van der Waals surface area contributed by atoms with Crippen LogP contribution in [-0.4, -0.2) is 12.6 Å². The van der Waals surface area contributed by atoms with Crippen LogP contribution in [0.4, 0.5) is 0 Å². The summed E-state index contributed by atoms with van der Waals surface area (Å²) in [6.07, 6.45) is 11.5. The van der Waals surface area contributed by atoms with Gasteiger partial charge >= 0.3 is 5.97 Å². The van der Waals surface area contributed by atoms with E-state index >= 15 is 0 Å². The molecule has 114 valence electrons. The highest BCUT2D eigenvalue weighted by atomic mass is 16.5. The van der Waals surface area contributed by atoms with Gasteiger partial charge in [-0.3, -0.25) is 4.79 Å². The molecule has 1 aromatic carbocycles. The van der Waals surface area contributed by atoms with Crippen molar-refractivity contribution in [2.45, 2.75) is 38.5 Å². The molecule has 0 radical (unpaired) electrons. The van der Waals surface area contributed by atoms with E-state index in [1.165, 1.54) is 18.1 Å². The van der Waals surface area contributed by atoms with Gasteiger partial charge in [0.2, 0.25) is 0 Å². The summed E-state index contributed by atoms with van der Waals surface area (Å²) in [5, 5.41) is 0. The normalized spacial score (nSPS) is 31.8. The van der Waals surface area contributed by atoms with Gasteiger partial charge in [-0.25, -0.2) is 0 Å². The van der Waals surface area contributed by atoms with Gasteiger partial charge in [0.1, 0.15) is 6.61 Å². The molecule has 3 aliphatic rings. The van der Waals surface area contributed by atoms with Crippen molar-refractivity contribution in [3.63, 3.8) is 0 Å². The monoisotopic (exact) mass is 294 g/mol. The van der Waals surface area contributed by atoms with E-state index in [4.69, 9.17) is 4.74 Å². The van der Waals surface area contributed by atoms with Crippen LogP contribution in [0.5, 0.6) is 0 Å². The van der Waals surface area contributed by atoms with Crippen molar-refractivity contribution < 1.29 is 9.53 Å². The fourth-order valence-electron chi connectivity index (χ4n) is 4.70. The largest absolute Gasteiger partial charge is 0.465 e. The first-order valence-electron chi connectivity index (χ1n) is 8.28. The average Bonchev–Trinajstić information content (AvgIpc) is 2.97. The summed E-state index contributed by atoms with van der Waals surface area (Å²) in [5.41, 5.74) is 4.63. The third kappa shape index (κ3) is 2.05. The summed E-state index contributed by atoms with van der Waals surface area (Å²) in [5.74, 6) is 0.915. The van der Waals surface area contributed by atoms with Gasteiger partial charge in [0.25, 0.3) is 0 Å². The molecule has 2 nitrogen and oxygen atoms in total. The van der Waals surface area contributed by atoms with Gasteiger partial charge in [-0.2, -0.15) is 0 Å². The predicted octanol–water partition coefficient (Wildman–Crippen LogP) is 4.17. The van der Waals surface area contributed by atoms with E-state index in [9.17, 15) is 4.79 Å². The van der Waals surface area contributed by atoms with E-state index in [0.717, 1.165) is 25.7 Å². The van der Waals surface area contributed by atoms with Crippen molar-refractivity contribution in [2.75, 3.05) is 6.61 Å². The lowest BCUT2D eigenvalue weighted by Gasteiger charge is -2.45. The van der Waals surface area contributed by atoms with Crippen molar-refractivity contribution >= 4 is 5.97 Å². The Morgan fingerprint density at radius 3 is 3.09 bits per heavy atom. The molecule has 0 heterocycles. The summed E-state index contributed by atoms with van der Waals surface area (Å²) in [6, 6.07) is 8.86. The maximum atomic E-state index is 11.3. The molecule has 1 saturated carbocycles. The summed E-state index contributed by atoms with van der Waals surface area (Å²) in [6.45, 7) is 2.04. The quantitative estimate of drug-likeness (QED) is 0.604. The van der Waals surface area contributed by atoms with Gasteiger partial charge in [0, 0.05) is 18.3 Å². The van der Waals surface area contributed by atoms with Crippen molar-refractivity contribution in [3.8, 4) is 0 Å². The third-order valence-electron chi connectivity index (χ3n) is 5.75. The Balaban J connectivity index is 1.66. The molecule has 3 atom stereocenters. The third-order valence-corrected chi connectivity index (χ3v) is 5.75. The van der Waals surface area contributed by atoms with Crippen molar-refractivity contribution in [2.24, 2.45) is 11.3 Å². The molecule has 0 unspecified atom stereocenters. The van der Waals surface area contributed by atoms with Gasteiger partial charge in [0.05, 0.1) is 0 Å². The van der Waals surface area contributed by atoms with E-state index < -0.39 is 0 Å². The highest BCUT2D eigenvalue weighted by Crippen LogP contribution is 2.57. The number of rotatable bonds is 2. The van der Waals surface area contributed by atoms with E-state index in [1.54, 1.807) is 5.57 Å². The van der Waals surface area contributed by atoms with Crippen LogP contribution in [0.3, 0.4) is 0 Å². The number of fused-ring (bicyclic) bond motifs is 5. The predicted molar refractivity (Wildman–Crippen MR) is 86.5 cm³/mol. The summed E-state index contributed by atoms with van der Waals surface area (Å²) in [4.78, 5) is 11.3. The van der Waals surface area contributed by atoms with Gasteiger partial charge in [-0.15, -0.1) is 0 Å². The van der Waals surface area contributed by atoms with Crippen LogP contribution < -0.4 is 0 Å². The first-order chi connectivity index (χ1) is 10.7. The molecule has 3 aliphatic carbocycles. The van der Waals surface area contributed by atoms with Gasteiger partial charge < -0.3 is 4.74 Å². The van der Waals surface area contributed by atoms with E-state index in [-0.39, 0.29) is 11.4 Å². The number of carbonyl (C=O) groups excluding carboxylic acids is 1. The molecule has 22 heavy (non-hydrogen) atoms. The van der Waals surface area contributed by atoms with Gasteiger partial charge in [0.15, 0.2) is 0 Å². The molecule has 1 aromatic rings. The summed E-state index contributed by atoms with van der Waals surface area (Å²) >= 11 is 0. The smallest absolute Gasteiger partial charge is 0.302 e. The Morgan fingerprint density at radius 2 is 2.23 bits per heavy atom. The molecule has 0 aromatic heterocycles. The first-order valence-corrected chi connectivity index (χ1v) is 8.28. The second kappa shape index (κ2) is 5.12. The van der Waals surface area contributed by atoms with Crippen LogP contribution in [0, 0.1) is 11.3 Å². The molecule has 0 aliphatic heterocycles. The first kappa shape index (κ1) is 13.8. The van der Waals surface area contributed by atoms with Crippen LogP contribution in [-0.2, 0) is 16.0 Å². The lowest BCUT2D eigenvalue weighted by Crippen LogP contribution is -2.39. The Bertz CT molecular complexity index is 670. The summed E-state index contributed by atoms with van der Waals surface area (Å²) in [7, 11) is 0. The van der Waals surface area contributed by atoms with E-state index in [1.807, 2.05) is 0 Å². The van der Waals surface area contributed by atoms with Crippen molar-refractivity contribution in [3.05, 3.63) is 59.2 Å². The maximum Gasteiger partial charge on any atom is 0.302 e. The molecular weight excluding hydrogens is 272 g/mol. The van der Waals surface area contributed by atoms with E-state index in [2.05, 4.69) is 42.5 Å². The molecule has 0 spiro atoms. The van der Waals surface area contributed by atoms with Crippen LogP contribution >= 0.6 is 0 Å². The fourth-order valence-corrected chi connectivity index (χ4v) is 4.70. The van der Waals surface area contributed by atoms with Crippen LogP contribution in [0.1, 0.15) is 43.2 Å². The van der Waals surface area contributed by atoms with Crippen molar-refractivity contribution in [1.29, 1.82) is 0 Å². The lowest BCUT2D eigenvalue weighted by atomic mass is 9.59. The van der Waals surface area contributed by atoms with Crippen molar-refractivity contribution in [1.82, 2.24) is 0 Å². The second-order valence-electron chi connectivity index (χ2n) is 6.90. The highest BCUT2D eigenvalue weighted by molar-refractivity contribution is 5.66. The molecule has 0 N–H and O–H groups in total. The van der Waals surface area contributed by atoms with Crippen LogP contribution in [0.2, 0.25) is 0 Å². The number of hydrogen-bond acceptors (Lipinski definition) is 2. The number of carbonyl (C=O) groups is 1. The molecule has 0 bridgehead atoms. The Morgan fingerprint density at radius 1 is 1.36 bits per heavy atom. The molecule has 1 fully saturated rings. The summed E-state index contributed by atoms with van der Waals surface area (Å²) < 4.78 is 5.42. The number of allylic oxidation sites excluding steroid dienone is 3. The molecule has 4 rings (SSSR count). The molecule has 2 heteroatoms. The molecular formula is C20H22O2. The second-order valence-corrected chi connectivity index (χ2v) is 6.90. The Hall–Kier alpha value is -1.83. The zero-order valence-electron chi connectivity index (χ0n) is 13.0. The minimum absolute atomic E-state index is 0.0420. The number of ether oxygens (including phenoxy) is 1. The van der Waals surface area contributed by atoms with Crippen LogP contribution in [0.15, 0.2) is 48.1 Å².